The van der Waals surface area contributed by atoms with Gasteiger partial charge in [0.2, 0.25) is 5.79 Å². The summed E-state index contributed by atoms with van der Waals surface area (Å²) in [7, 11) is 1.63. The fraction of sp³-hybridized carbons (Fsp3) is 0.625. The Labute approximate surface area is 124 Å². The first-order chi connectivity index (χ1) is 10.1. The summed E-state index contributed by atoms with van der Waals surface area (Å²) >= 11 is 0. The first-order valence-electron chi connectivity index (χ1n) is 7.59. The molecule has 0 aromatic heterocycles. The topological polar surface area (TPSA) is 71.0 Å². The van der Waals surface area contributed by atoms with E-state index in [2.05, 4.69) is 5.48 Å². The van der Waals surface area contributed by atoms with E-state index in [0.717, 1.165) is 30.6 Å². The molecule has 1 saturated heterocycles. The Kier molecular flexibility index (Phi) is 3.92. The van der Waals surface area contributed by atoms with E-state index in [1.165, 1.54) is 0 Å². The Balaban J connectivity index is 1.74. The number of rotatable bonds is 3. The lowest BCUT2D eigenvalue weighted by Crippen LogP contribution is -2.55. The first kappa shape index (κ1) is 14.8. The van der Waals surface area contributed by atoms with Gasteiger partial charge in [-0.05, 0) is 30.5 Å². The van der Waals surface area contributed by atoms with Gasteiger partial charge in [-0.2, -0.15) is 5.48 Å². The van der Waals surface area contributed by atoms with Crippen LogP contribution in [0.1, 0.15) is 50.1 Å². The van der Waals surface area contributed by atoms with Crippen LogP contribution in [0.15, 0.2) is 24.3 Å². The molecular formula is C16H23NO4. The Morgan fingerprint density at radius 1 is 1.14 bits per heavy atom. The predicted molar refractivity (Wildman–Crippen MR) is 77.6 cm³/mol. The molecule has 5 nitrogen and oxygen atoms in total. The lowest BCUT2D eigenvalue weighted by atomic mass is 9.76. The van der Waals surface area contributed by atoms with Crippen molar-refractivity contribution in [2.45, 2.75) is 56.0 Å². The highest BCUT2D eigenvalue weighted by molar-refractivity contribution is 5.29. The van der Waals surface area contributed by atoms with Crippen molar-refractivity contribution in [1.29, 1.82) is 0 Å². The monoisotopic (exact) mass is 293 g/mol. The predicted octanol–water partition coefficient (Wildman–Crippen LogP) is 2.04. The molecule has 0 radical (unpaired) electrons. The van der Waals surface area contributed by atoms with Gasteiger partial charge in [0.05, 0.1) is 13.2 Å². The van der Waals surface area contributed by atoms with Gasteiger partial charge in [-0.15, -0.1) is 0 Å². The van der Waals surface area contributed by atoms with Gasteiger partial charge in [0, 0.05) is 6.42 Å². The van der Waals surface area contributed by atoms with Crippen molar-refractivity contribution < 1.29 is 19.8 Å². The molecule has 1 aliphatic carbocycles. The SMILES string of the molecule is COc1ccc(C2CC(O)(C3(O)CCCCC3)ON2)cc1. The van der Waals surface area contributed by atoms with E-state index in [0.29, 0.717) is 19.3 Å². The van der Waals surface area contributed by atoms with Gasteiger partial charge in [0.1, 0.15) is 11.4 Å². The van der Waals surface area contributed by atoms with Crippen LogP contribution in [0.5, 0.6) is 5.75 Å². The van der Waals surface area contributed by atoms with Crippen LogP contribution in [-0.2, 0) is 4.84 Å². The Bertz CT molecular complexity index is 484. The number of nitrogens with one attached hydrogen (secondary N) is 1. The minimum Gasteiger partial charge on any atom is -0.497 e. The fourth-order valence-corrected chi connectivity index (χ4v) is 3.36. The van der Waals surface area contributed by atoms with Gasteiger partial charge >= 0.3 is 0 Å². The minimum absolute atomic E-state index is 0.133. The van der Waals surface area contributed by atoms with Gasteiger partial charge in [-0.25, -0.2) is 0 Å². The molecule has 1 saturated carbocycles. The summed E-state index contributed by atoms with van der Waals surface area (Å²) in [5, 5.41) is 21.5. The molecule has 0 spiro atoms. The number of methoxy groups -OCH3 is 1. The number of aliphatic hydroxyl groups is 2. The van der Waals surface area contributed by atoms with Crippen molar-refractivity contribution >= 4 is 0 Å². The number of hydrogen-bond donors (Lipinski definition) is 3. The van der Waals surface area contributed by atoms with Gasteiger partial charge in [0.15, 0.2) is 0 Å². The zero-order valence-electron chi connectivity index (χ0n) is 12.3. The molecule has 1 aliphatic heterocycles. The summed E-state index contributed by atoms with van der Waals surface area (Å²) in [6.07, 6.45) is 4.47. The zero-order chi connectivity index (χ0) is 14.9. The van der Waals surface area contributed by atoms with Gasteiger partial charge in [-0.1, -0.05) is 31.4 Å². The summed E-state index contributed by atoms with van der Waals surface area (Å²) in [6, 6.07) is 7.51. The van der Waals surface area contributed by atoms with E-state index in [4.69, 9.17) is 9.57 Å². The first-order valence-corrected chi connectivity index (χ1v) is 7.59. The third kappa shape index (κ3) is 2.66. The smallest absolute Gasteiger partial charge is 0.215 e. The Morgan fingerprint density at radius 2 is 1.81 bits per heavy atom. The van der Waals surface area contributed by atoms with Gasteiger partial charge in [0.25, 0.3) is 0 Å². The summed E-state index contributed by atoms with van der Waals surface area (Å²) in [5.41, 5.74) is 2.73. The molecule has 1 heterocycles. The van der Waals surface area contributed by atoms with E-state index in [1.807, 2.05) is 24.3 Å². The molecule has 0 amide bonds. The molecule has 2 fully saturated rings. The van der Waals surface area contributed by atoms with E-state index in [-0.39, 0.29) is 6.04 Å². The highest BCUT2D eigenvalue weighted by atomic mass is 16.8. The molecule has 0 bridgehead atoms. The van der Waals surface area contributed by atoms with Crippen LogP contribution in [0.4, 0.5) is 0 Å². The second-order valence-corrected chi connectivity index (χ2v) is 6.13. The quantitative estimate of drug-likeness (QED) is 0.795. The van der Waals surface area contributed by atoms with Crippen molar-refractivity contribution in [2.24, 2.45) is 0 Å². The molecule has 116 valence electrons. The third-order valence-corrected chi connectivity index (χ3v) is 4.78. The maximum atomic E-state index is 10.7. The number of ether oxygens (including phenoxy) is 1. The lowest BCUT2D eigenvalue weighted by molar-refractivity contribution is -0.303. The second-order valence-electron chi connectivity index (χ2n) is 6.13. The molecule has 1 aromatic rings. The van der Waals surface area contributed by atoms with Crippen LogP contribution in [0.25, 0.3) is 0 Å². The van der Waals surface area contributed by atoms with Crippen molar-refractivity contribution in [1.82, 2.24) is 5.48 Å². The maximum Gasteiger partial charge on any atom is 0.215 e. The van der Waals surface area contributed by atoms with Crippen molar-refractivity contribution in [2.75, 3.05) is 7.11 Å². The summed E-state index contributed by atoms with van der Waals surface area (Å²) < 4.78 is 5.14. The van der Waals surface area contributed by atoms with Crippen LogP contribution >= 0.6 is 0 Å². The summed E-state index contributed by atoms with van der Waals surface area (Å²) in [4.78, 5) is 5.43. The number of hydroxylamine groups is 1. The van der Waals surface area contributed by atoms with E-state index in [9.17, 15) is 10.2 Å². The average molecular weight is 293 g/mol. The van der Waals surface area contributed by atoms with Crippen LogP contribution in [0.2, 0.25) is 0 Å². The van der Waals surface area contributed by atoms with Crippen molar-refractivity contribution in [3.63, 3.8) is 0 Å². The average Bonchev–Trinajstić information content (AvgIpc) is 2.92. The minimum atomic E-state index is -1.52. The van der Waals surface area contributed by atoms with Crippen LogP contribution in [0, 0.1) is 0 Å². The molecule has 5 heteroatoms. The number of hydrogen-bond acceptors (Lipinski definition) is 5. The molecular weight excluding hydrogens is 270 g/mol. The van der Waals surface area contributed by atoms with Crippen molar-refractivity contribution in [3.05, 3.63) is 29.8 Å². The Morgan fingerprint density at radius 3 is 2.43 bits per heavy atom. The fourth-order valence-electron chi connectivity index (χ4n) is 3.36. The van der Waals surface area contributed by atoms with E-state index in [1.54, 1.807) is 7.11 Å². The summed E-state index contributed by atoms with van der Waals surface area (Å²) in [6.45, 7) is 0. The zero-order valence-corrected chi connectivity index (χ0v) is 12.3. The maximum absolute atomic E-state index is 10.7. The van der Waals surface area contributed by atoms with E-state index >= 15 is 0 Å². The van der Waals surface area contributed by atoms with Gasteiger partial charge in [-0.3, -0.25) is 4.84 Å². The molecule has 3 N–H and O–H groups in total. The largest absolute Gasteiger partial charge is 0.497 e. The highest BCUT2D eigenvalue weighted by Gasteiger charge is 2.55. The van der Waals surface area contributed by atoms with E-state index < -0.39 is 11.4 Å². The van der Waals surface area contributed by atoms with Crippen LogP contribution in [-0.4, -0.2) is 28.7 Å². The second kappa shape index (κ2) is 5.57. The number of benzene rings is 1. The molecule has 2 aliphatic rings. The molecule has 1 aromatic carbocycles. The Hall–Kier alpha value is -1.14. The van der Waals surface area contributed by atoms with Crippen molar-refractivity contribution in [3.8, 4) is 5.75 Å². The highest BCUT2D eigenvalue weighted by Crippen LogP contribution is 2.45. The van der Waals surface area contributed by atoms with Crippen LogP contribution < -0.4 is 10.2 Å². The molecule has 21 heavy (non-hydrogen) atoms. The standard InChI is InChI=1S/C16H23NO4/c1-20-13-7-5-12(6-8-13)14-11-16(19,21-17-14)15(18)9-3-2-4-10-15/h5-8,14,17-19H,2-4,9-11H2,1H3. The molecule has 2 atom stereocenters. The normalized spacial score (nSPS) is 32.0. The van der Waals surface area contributed by atoms with Crippen LogP contribution in [0.3, 0.4) is 0 Å². The lowest BCUT2D eigenvalue weighted by Gasteiger charge is -2.41. The third-order valence-electron chi connectivity index (χ3n) is 4.78. The van der Waals surface area contributed by atoms with Gasteiger partial charge < -0.3 is 14.9 Å². The molecule has 2 unspecified atom stereocenters. The summed E-state index contributed by atoms with van der Waals surface area (Å²) in [5.74, 6) is -0.725. The molecule has 3 rings (SSSR count).